The summed E-state index contributed by atoms with van der Waals surface area (Å²) in [5.41, 5.74) is 6.54. The molecule has 5 heteroatoms. The predicted octanol–water partition coefficient (Wildman–Crippen LogP) is 4.66. The van der Waals surface area contributed by atoms with Gasteiger partial charge in [-0.3, -0.25) is 4.90 Å². The van der Waals surface area contributed by atoms with Crippen LogP contribution in [-0.4, -0.2) is 25.3 Å². The van der Waals surface area contributed by atoms with Gasteiger partial charge in [-0.2, -0.15) is 0 Å². The van der Waals surface area contributed by atoms with E-state index < -0.39 is 0 Å². The highest BCUT2D eigenvalue weighted by atomic mass is 16.7. The minimum absolute atomic E-state index is 0.317. The van der Waals surface area contributed by atoms with Gasteiger partial charge in [0.2, 0.25) is 6.79 Å². The zero-order chi connectivity index (χ0) is 20.8. The Morgan fingerprint density at radius 1 is 0.935 bits per heavy atom. The van der Waals surface area contributed by atoms with E-state index in [0.29, 0.717) is 19.4 Å². The summed E-state index contributed by atoms with van der Waals surface area (Å²) < 4.78 is 23.1. The summed E-state index contributed by atoms with van der Waals surface area (Å²) in [5, 5.41) is 0. The maximum Gasteiger partial charge on any atom is 0.231 e. The largest absolute Gasteiger partial charge is 0.493 e. The lowest BCUT2D eigenvalue weighted by atomic mass is 9.83. The van der Waals surface area contributed by atoms with Gasteiger partial charge in [0.25, 0.3) is 0 Å². The maximum absolute atomic E-state index is 6.17. The van der Waals surface area contributed by atoms with E-state index in [1.807, 2.05) is 18.2 Å². The van der Waals surface area contributed by atoms with E-state index >= 15 is 0 Å². The van der Waals surface area contributed by atoms with E-state index in [1.165, 1.54) is 22.3 Å². The summed E-state index contributed by atoms with van der Waals surface area (Å²) in [6.45, 7) is 2.81. The first-order valence-corrected chi connectivity index (χ1v) is 10.8. The number of fused-ring (bicyclic) bond motifs is 5. The van der Waals surface area contributed by atoms with Crippen molar-refractivity contribution in [1.82, 2.24) is 4.90 Å². The maximum atomic E-state index is 6.17. The van der Waals surface area contributed by atoms with E-state index in [9.17, 15) is 0 Å². The highest BCUT2D eigenvalue weighted by Crippen LogP contribution is 2.45. The first-order chi connectivity index (χ1) is 15.3. The second-order valence-corrected chi connectivity index (χ2v) is 8.39. The monoisotopic (exact) mass is 415 g/mol. The van der Waals surface area contributed by atoms with Gasteiger partial charge in [-0.25, -0.2) is 0 Å². The zero-order valence-corrected chi connectivity index (χ0v) is 17.6. The molecule has 3 heterocycles. The summed E-state index contributed by atoms with van der Waals surface area (Å²) in [6, 6.07) is 19.3. The van der Waals surface area contributed by atoms with Crippen molar-refractivity contribution >= 4 is 0 Å². The van der Waals surface area contributed by atoms with Gasteiger partial charge in [-0.15, -0.1) is 0 Å². The minimum atomic E-state index is 0.317. The van der Waals surface area contributed by atoms with Crippen molar-refractivity contribution in [3.05, 3.63) is 82.4 Å². The van der Waals surface area contributed by atoms with E-state index in [2.05, 4.69) is 41.3 Å². The van der Waals surface area contributed by atoms with Crippen LogP contribution in [0.2, 0.25) is 0 Å². The molecule has 0 amide bonds. The molecule has 0 saturated heterocycles. The van der Waals surface area contributed by atoms with Crippen LogP contribution in [-0.2, 0) is 26.0 Å². The molecule has 0 radical (unpaired) electrons. The van der Waals surface area contributed by atoms with Gasteiger partial charge in [0.15, 0.2) is 23.0 Å². The van der Waals surface area contributed by atoms with Crippen molar-refractivity contribution in [2.24, 2.45) is 0 Å². The molecule has 5 nitrogen and oxygen atoms in total. The van der Waals surface area contributed by atoms with Gasteiger partial charge in [0, 0.05) is 19.1 Å². The molecule has 1 unspecified atom stereocenters. The van der Waals surface area contributed by atoms with E-state index in [1.54, 1.807) is 7.11 Å². The smallest absolute Gasteiger partial charge is 0.231 e. The topological polar surface area (TPSA) is 40.2 Å². The first kappa shape index (κ1) is 18.6. The molecule has 0 aliphatic carbocycles. The highest BCUT2D eigenvalue weighted by Gasteiger charge is 2.34. The Hall–Kier alpha value is -3.18. The van der Waals surface area contributed by atoms with Crippen molar-refractivity contribution in [1.29, 1.82) is 0 Å². The van der Waals surface area contributed by atoms with Gasteiger partial charge in [0.1, 0.15) is 6.61 Å². The second kappa shape index (κ2) is 7.50. The molecule has 3 aliphatic heterocycles. The fraction of sp³-hybridized carbons (Fsp3) is 0.308. The third-order valence-corrected chi connectivity index (χ3v) is 6.61. The molecule has 0 bridgehead atoms. The molecular formula is C26H25NO4. The number of ether oxygens (including phenoxy) is 4. The Morgan fingerprint density at radius 3 is 2.58 bits per heavy atom. The molecule has 158 valence electrons. The van der Waals surface area contributed by atoms with Crippen LogP contribution < -0.4 is 18.9 Å². The number of rotatable bonds is 4. The number of benzene rings is 3. The first-order valence-electron chi connectivity index (χ1n) is 10.8. The molecule has 0 fully saturated rings. The second-order valence-electron chi connectivity index (χ2n) is 8.39. The van der Waals surface area contributed by atoms with E-state index in [4.69, 9.17) is 18.9 Å². The molecule has 31 heavy (non-hydrogen) atoms. The lowest BCUT2D eigenvalue weighted by molar-refractivity contribution is 0.160. The molecule has 3 aromatic carbocycles. The molecule has 1 atom stereocenters. The molecule has 3 aliphatic rings. The Balaban J connectivity index is 1.31. The van der Waals surface area contributed by atoms with Crippen LogP contribution >= 0.6 is 0 Å². The summed E-state index contributed by atoms with van der Waals surface area (Å²) in [5.74, 6) is 3.35. The zero-order valence-electron chi connectivity index (χ0n) is 17.6. The summed E-state index contributed by atoms with van der Waals surface area (Å²) in [4.78, 5) is 2.57. The SMILES string of the molecule is COc1cc2c(cc1OCc1ccccc1)CC1c3cc4c(cc3CCN1C2)OCO4. The van der Waals surface area contributed by atoms with Crippen molar-refractivity contribution in [2.45, 2.75) is 32.0 Å². The number of methoxy groups -OCH3 is 1. The van der Waals surface area contributed by atoms with Gasteiger partial charge in [0.05, 0.1) is 7.11 Å². The van der Waals surface area contributed by atoms with Crippen LogP contribution in [0.5, 0.6) is 23.0 Å². The fourth-order valence-electron chi connectivity index (χ4n) is 4.99. The molecule has 0 saturated carbocycles. The Bertz CT molecular complexity index is 1130. The average molecular weight is 415 g/mol. The Labute approximate surface area is 182 Å². The lowest BCUT2D eigenvalue weighted by Crippen LogP contribution is -2.39. The van der Waals surface area contributed by atoms with Crippen LogP contribution in [0.4, 0.5) is 0 Å². The number of nitrogens with zero attached hydrogens (tertiary/aromatic N) is 1. The van der Waals surface area contributed by atoms with Gasteiger partial charge in [-0.1, -0.05) is 30.3 Å². The number of hydrogen-bond donors (Lipinski definition) is 0. The molecule has 0 aromatic heterocycles. The fourth-order valence-corrected chi connectivity index (χ4v) is 4.99. The Morgan fingerprint density at radius 2 is 1.74 bits per heavy atom. The normalized spacial score (nSPS) is 18.7. The summed E-state index contributed by atoms with van der Waals surface area (Å²) in [7, 11) is 1.71. The highest BCUT2D eigenvalue weighted by molar-refractivity contribution is 5.53. The third kappa shape index (κ3) is 3.29. The quantitative estimate of drug-likeness (QED) is 0.620. The summed E-state index contributed by atoms with van der Waals surface area (Å²) >= 11 is 0. The van der Waals surface area contributed by atoms with Crippen LogP contribution in [0.15, 0.2) is 54.6 Å². The molecular weight excluding hydrogens is 390 g/mol. The van der Waals surface area contributed by atoms with Gasteiger partial charge in [-0.05, 0) is 64.9 Å². The van der Waals surface area contributed by atoms with Crippen molar-refractivity contribution in [3.8, 4) is 23.0 Å². The molecule has 6 rings (SSSR count). The molecule has 0 spiro atoms. The van der Waals surface area contributed by atoms with Crippen molar-refractivity contribution in [3.63, 3.8) is 0 Å². The Kier molecular flexibility index (Phi) is 4.50. The van der Waals surface area contributed by atoms with Gasteiger partial charge < -0.3 is 18.9 Å². The van der Waals surface area contributed by atoms with Crippen molar-refractivity contribution in [2.75, 3.05) is 20.4 Å². The molecule has 3 aromatic rings. The summed E-state index contributed by atoms with van der Waals surface area (Å²) in [6.07, 6.45) is 1.99. The number of hydrogen-bond acceptors (Lipinski definition) is 5. The average Bonchev–Trinajstić information content (AvgIpc) is 3.27. The van der Waals surface area contributed by atoms with Gasteiger partial charge >= 0.3 is 0 Å². The third-order valence-electron chi connectivity index (χ3n) is 6.61. The van der Waals surface area contributed by atoms with E-state index in [0.717, 1.165) is 54.5 Å². The lowest BCUT2D eigenvalue weighted by Gasteiger charge is -2.41. The minimum Gasteiger partial charge on any atom is -0.493 e. The van der Waals surface area contributed by atoms with Crippen molar-refractivity contribution < 1.29 is 18.9 Å². The predicted molar refractivity (Wildman–Crippen MR) is 117 cm³/mol. The van der Waals surface area contributed by atoms with E-state index in [-0.39, 0.29) is 0 Å². The van der Waals surface area contributed by atoms with Crippen LogP contribution in [0.3, 0.4) is 0 Å². The molecule has 0 N–H and O–H groups in total. The standard InChI is InChI=1S/C26H25NO4/c1-28-23-12-20-14-27-8-7-18-10-25-26(31-16-30-25)13-21(18)22(27)9-19(20)11-24(23)29-15-17-5-3-2-4-6-17/h2-6,10-13,22H,7-9,14-16H2,1H3. The van der Waals surface area contributed by atoms with Crippen LogP contribution in [0.25, 0.3) is 0 Å². The van der Waals surface area contributed by atoms with Crippen LogP contribution in [0.1, 0.15) is 33.9 Å². The van der Waals surface area contributed by atoms with Crippen LogP contribution in [0, 0.1) is 0 Å².